The summed E-state index contributed by atoms with van der Waals surface area (Å²) < 4.78 is 36.8. The van der Waals surface area contributed by atoms with E-state index in [2.05, 4.69) is 33.1 Å². The first kappa shape index (κ1) is 27.8. The van der Waals surface area contributed by atoms with Crippen LogP contribution in [0.25, 0.3) is 0 Å². The summed E-state index contributed by atoms with van der Waals surface area (Å²) in [5.41, 5.74) is 0.601. The maximum absolute atomic E-state index is 11.5. The van der Waals surface area contributed by atoms with Crippen molar-refractivity contribution in [2.75, 3.05) is 7.05 Å². The third-order valence-corrected chi connectivity index (χ3v) is 12.2. The first-order valence-electron chi connectivity index (χ1n) is 14.3. The molecule has 0 aromatic carbocycles. The van der Waals surface area contributed by atoms with Gasteiger partial charge in [0, 0.05) is 6.04 Å². The third kappa shape index (κ3) is 5.23. The molecular formula is C28H51NO5S. The molecule has 0 aliphatic heterocycles. The van der Waals surface area contributed by atoms with Gasteiger partial charge in [0.05, 0.1) is 12.2 Å². The van der Waals surface area contributed by atoms with E-state index in [4.69, 9.17) is 4.18 Å². The first-order chi connectivity index (χ1) is 16.3. The molecule has 4 saturated carbocycles. The summed E-state index contributed by atoms with van der Waals surface area (Å²) in [7, 11) is -2.36. The second kappa shape index (κ2) is 10.2. The van der Waals surface area contributed by atoms with Crippen molar-refractivity contribution in [1.82, 2.24) is 5.32 Å². The van der Waals surface area contributed by atoms with Gasteiger partial charge in [0.1, 0.15) is 0 Å². The van der Waals surface area contributed by atoms with Crippen LogP contribution in [0, 0.1) is 52.3 Å². The highest BCUT2D eigenvalue weighted by atomic mass is 32.3. The molecule has 5 unspecified atom stereocenters. The lowest BCUT2D eigenvalue weighted by atomic mass is 9.43. The molecule has 3 N–H and O–H groups in total. The average Bonchev–Trinajstić information content (AvgIpc) is 3.13. The van der Waals surface area contributed by atoms with Gasteiger partial charge in [-0.05, 0) is 124 Å². The average molecular weight is 514 g/mol. The number of hydrogen-bond donors (Lipinski definition) is 3. The highest BCUT2D eigenvalue weighted by Crippen LogP contribution is 2.68. The van der Waals surface area contributed by atoms with E-state index in [0.29, 0.717) is 53.4 Å². The standard InChI is InChI=1S/C28H51NO5S/c1-17(2)25(34-35(31,32)33)10-7-18(3)21-8-9-22-26-23(12-14-28(21,22)5)27(4)13-11-20(29-6)15-19(27)16-24(26)30/h17-26,29-30H,7-16H2,1-6H3,(H,31,32,33)/t18-,19-,20?,21-,22?,23?,24?,25-,26?,27+,28-/m1/s1. The zero-order valence-electron chi connectivity index (χ0n) is 22.9. The van der Waals surface area contributed by atoms with Gasteiger partial charge in [0.25, 0.3) is 0 Å². The maximum atomic E-state index is 11.5. The fourth-order valence-electron chi connectivity index (χ4n) is 9.74. The van der Waals surface area contributed by atoms with Gasteiger partial charge in [-0.15, -0.1) is 0 Å². The summed E-state index contributed by atoms with van der Waals surface area (Å²) in [6, 6.07) is 0.599. The topological polar surface area (TPSA) is 95.9 Å². The van der Waals surface area contributed by atoms with Gasteiger partial charge in [-0.3, -0.25) is 4.55 Å². The van der Waals surface area contributed by atoms with Crippen LogP contribution in [-0.4, -0.2) is 43.4 Å². The first-order valence-corrected chi connectivity index (χ1v) is 15.7. The van der Waals surface area contributed by atoms with Crippen molar-refractivity contribution < 1.29 is 22.3 Å². The van der Waals surface area contributed by atoms with Crippen LogP contribution < -0.4 is 5.32 Å². The largest absolute Gasteiger partial charge is 0.397 e. The van der Waals surface area contributed by atoms with Crippen LogP contribution in [-0.2, 0) is 14.6 Å². The van der Waals surface area contributed by atoms with E-state index in [-0.39, 0.29) is 17.4 Å². The molecule has 0 spiro atoms. The number of aliphatic hydroxyl groups is 1. The molecule has 4 aliphatic rings. The summed E-state index contributed by atoms with van der Waals surface area (Å²) >= 11 is 0. The van der Waals surface area contributed by atoms with Gasteiger partial charge < -0.3 is 10.4 Å². The Morgan fingerprint density at radius 2 is 1.63 bits per heavy atom. The van der Waals surface area contributed by atoms with Crippen LogP contribution in [0.2, 0.25) is 0 Å². The Labute approximate surface area is 214 Å². The predicted octanol–water partition coefficient (Wildman–Crippen LogP) is 5.46. The molecule has 4 fully saturated rings. The van der Waals surface area contributed by atoms with Crippen molar-refractivity contribution in [3.05, 3.63) is 0 Å². The minimum absolute atomic E-state index is 0.0237. The van der Waals surface area contributed by atoms with Crippen molar-refractivity contribution in [2.24, 2.45) is 52.3 Å². The summed E-state index contributed by atoms with van der Waals surface area (Å²) in [5.74, 6) is 3.34. The van der Waals surface area contributed by atoms with Crippen LogP contribution in [0.1, 0.15) is 98.8 Å². The molecule has 0 bridgehead atoms. The van der Waals surface area contributed by atoms with Gasteiger partial charge in [0.2, 0.25) is 0 Å². The molecule has 0 aromatic heterocycles. The van der Waals surface area contributed by atoms with E-state index < -0.39 is 16.5 Å². The SMILES string of the molecule is CNC1CC[C@]2(C)C3CC[C@@]4(C)C(CC[C@@H]4[C@H](C)CC[C@@H](OS(=O)(=O)O)C(C)C)C3C(O)C[C@H]2C1. The summed E-state index contributed by atoms with van der Waals surface area (Å²) in [6.45, 7) is 11.2. The number of aliphatic hydroxyl groups excluding tert-OH is 1. The molecule has 35 heavy (non-hydrogen) atoms. The molecule has 4 aliphatic carbocycles. The van der Waals surface area contributed by atoms with Crippen molar-refractivity contribution in [3.63, 3.8) is 0 Å². The zero-order valence-corrected chi connectivity index (χ0v) is 23.7. The number of hydrogen-bond acceptors (Lipinski definition) is 5. The van der Waals surface area contributed by atoms with Crippen molar-refractivity contribution in [3.8, 4) is 0 Å². The second-order valence-corrected chi connectivity index (χ2v) is 14.7. The molecule has 0 radical (unpaired) electrons. The van der Waals surface area contributed by atoms with Gasteiger partial charge in [-0.25, -0.2) is 4.18 Å². The fraction of sp³-hybridized carbons (Fsp3) is 1.00. The van der Waals surface area contributed by atoms with Crippen LogP contribution in [0.4, 0.5) is 0 Å². The monoisotopic (exact) mass is 513 g/mol. The van der Waals surface area contributed by atoms with Crippen molar-refractivity contribution in [2.45, 2.75) is 117 Å². The Morgan fingerprint density at radius 3 is 2.26 bits per heavy atom. The second-order valence-electron chi connectivity index (χ2n) is 13.6. The third-order valence-electron chi connectivity index (χ3n) is 11.7. The molecule has 4 rings (SSSR count). The van der Waals surface area contributed by atoms with Gasteiger partial charge in [-0.1, -0.05) is 34.6 Å². The molecule has 0 aromatic rings. The summed E-state index contributed by atoms with van der Waals surface area (Å²) in [4.78, 5) is 0. The van der Waals surface area contributed by atoms with E-state index in [0.717, 1.165) is 12.8 Å². The van der Waals surface area contributed by atoms with Crippen LogP contribution in [0.3, 0.4) is 0 Å². The van der Waals surface area contributed by atoms with Gasteiger partial charge in [-0.2, -0.15) is 8.42 Å². The molecule has 0 heterocycles. The fourth-order valence-corrected chi connectivity index (χ4v) is 10.4. The molecule has 0 amide bonds. The van der Waals surface area contributed by atoms with Gasteiger partial charge >= 0.3 is 10.4 Å². The molecule has 0 saturated heterocycles. The molecular weight excluding hydrogens is 462 g/mol. The van der Waals surface area contributed by atoms with E-state index in [1.54, 1.807) is 0 Å². The Hall–Kier alpha value is -0.210. The van der Waals surface area contributed by atoms with Crippen molar-refractivity contribution in [1.29, 1.82) is 0 Å². The van der Waals surface area contributed by atoms with E-state index in [9.17, 15) is 18.1 Å². The Balaban J connectivity index is 1.46. The molecule has 11 atom stereocenters. The zero-order chi connectivity index (χ0) is 25.8. The highest BCUT2D eigenvalue weighted by Gasteiger charge is 2.62. The van der Waals surface area contributed by atoms with Crippen molar-refractivity contribution >= 4 is 10.4 Å². The summed E-state index contributed by atoms with van der Waals surface area (Å²) in [5, 5.41) is 15.0. The highest BCUT2D eigenvalue weighted by molar-refractivity contribution is 7.80. The molecule has 6 nitrogen and oxygen atoms in total. The van der Waals surface area contributed by atoms with E-state index in [1.165, 1.54) is 44.9 Å². The predicted molar refractivity (Wildman–Crippen MR) is 139 cm³/mol. The van der Waals surface area contributed by atoms with Crippen LogP contribution in [0.5, 0.6) is 0 Å². The maximum Gasteiger partial charge on any atom is 0.397 e. The van der Waals surface area contributed by atoms with Crippen LogP contribution >= 0.6 is 0 Å². The minimum atomic E-state index is -4.44. The number of rotatable bonds is 8. The minimum Gasteiger partial charge on any atom is -0.393 e. The number of fused-ring (bicyclic) bond motifs is 5. The Kier molecular flexibility index (Phi) is 8.08. The smallest absolute Gasteiger partial charge is 0.393 e. The van der Waals surface area contributed by atoms with Gasteiger partial charge in [0.15, 0.2) is 0 Å². The normalized spacial score (nSPS) is 45.5. The lowest BCUT2D eigenvalue weighted by Crippen LogP contribution is -2.59. The lowest BCUT2D eigenvalue weighted by molar-refractivity contribution is -0.166. The lowest BCUT2D eigenvalue weighted by Gasteiger charge is -2.62. The Bertz CT molecular complexity index is 848. The van der Waals surface area contributed by atoms with Crippen LogP contribution in [0.15, 0.2) is 0 Å². The molecule has 204 valence electrons. The quantitative estimate of drug-likeness (QED) is 0.373. The van der Waals surface area contributed by atoms with E-state index >= 15 is 0 Å². The number of nitrogens with one attached hydrogen (secondary N) is 1. The van der Waals surface area contributed by atoms with E-state index in [1.807, 2.05) is 13.8 Å². The summed E-state index contributed by atoms with van der Waals surface area (Å²) in [6.07, 6.45) is 10.5. The Morgan fingerprint density at radius 1 is 0.971 bits per heavy atom. The molecule has 7 heteroatoms.